The summed E-state index contributed by atoms with van der Waals surface area (Å²) in [5, 5.41) is 13.0. The maximum atomic E-state index is 12.0. The summed E-state index contributed by atoms with van der Waals surface area (Å²) in [5.41, 5.74) is 6.72. The van der Waals surface area contributed by atoms with E-state index in [1.165, 1.54) is 0 Å². The Labute approximate surface area is 162 Å². The predicted molar refractivity (Wildman–Crippen MR) is 105 cm³/mol. The number of benzene rings is 2. The van der Waals surface area contributed by atoms with Crippen LogP contribution in [0.25, 0.3) is 11.0 Å². The van der Waals surface area contributed by atoms with Crippen molar-refractivity contribution in [2.75, 3.05) is 6.61 Å². The highest BCUT2D eigenvalue weighted by Gasteiger charge is 2.07. The first-order valence-electron chi connectivity index (χ1n) is 8.44. The van der Waals surface area contributed by atoms with Gasteiger partial charge in [0, 0.05) is 5.02 Å². The van der Waals surface area contributed by atoms with E-state index in [0.29, 0.717) is 23.0 Å². The van der Waals surface area contributed by atoms with Crippen molar-refractivity contribution in [1.29, 1.82) is 0 Å². The van der Waals surface area contributed by atoms with Crippen LogP contribution in [0.3, 0.4) is 0 Å². The minimum Gasteiger partial charge on any atom is -0.484 e. The molecule has 0 saturated carbocycles. The van der Waals surface area contributed by atoms with Gasteiger partial charge in [-0.2, -0.15) is 5.10 Å². The van der Waals surface area contributed by atoms with Gasteiger partial charge in [0.2, 0.25) is 0 Å². The minimum atomic E-state index is -0.344. The predicted octanol–water partition coefficient (Wildman–Crippen LogP) is 3.27. The molecule has 0 radical (unpaired) electrons. The van der Waals surface area contributed by atoms with Crippen molar-refractivity contribution >= 4 is 34.3 Å². The Bertz CT molecular complexity index is 989. The molecular formula is C19H20ClN5O2. The number of hydrogen-bond donors (Lipinski definition) is 1. The number of aromatic nitrogens is 3. The molecule has 3 rings (SSSR count). The molecule has 2 aromatic carbocycles. The second-order valence-corrected chi connectivity index (χ2v) is 6.66. The standard InChI is InChI=1S/C19H20ClN5O2/c1-12-8-15(9-13(2)19(12)20)27-11-18(26)23-21-14(3)10-25-17-7-5-4-6-16(17)22-24-25/h4-9H,10-11H2,1-3H3,(H,23,26). The zero-order valence-electron chi connectivity index (χ0n) is 15.4. The summed E-state index contributed by atoms with van der Waals surface area (Å²) in [4.78, 5) is 12.0. The molecule has 0 unspecified atom stereocenters. The van der Waals surface area contributed by atoms with Crippen LogP contribution in [0.15, 0.2) is 41.5 Å². The van der Waals surface area contributed by atoms with Crippen LogP contribution in [0.1, 0.15) is 18.1 Å². The number of fused-ring (bicyclic) bond motifs is 1. The molecule has 8 heteroatoms. The summed E-state index contributed by atoms with van der Waals surface area (Å²) >= 11 is 6.13. The summed E-state index contributed by atoms with van der Waals surface area (Å²) < 4.78 is 7.25. The van der Waals surface area contributed by atoms with Gasteiger partial charge >= 0.3 is 0 Å². The van der Waals surface area contributed by atoms with Crippen LogP contribution in [0, 0.1) is 13.8 Å². The van der Waals surface area contributed by atoms with Crippen molar-refractivity contribution in [3.8, 4) is 5.75 Å². The van der Waals surface area contributed by atoms with Gasteiger partial charge < -0.3 is 4.74 Å². The third kappa shape index (κ3) is 4.62. The number of nitrogens with zero attached hydrogens (tertiary/aromatic N) is 4. The number of halogens is 1. The van der Waals surface area contributed by atoms with E-state index in [1.54, 1.807) is 16.8 Å². The van der Waals surface area contributed by atoms with E-state index < -0.39 is 0 Å². The number of para-hydroxylation sites is 1. The second kappa shape index (κ2) is 8.18. The molecule has 0 aliphatic carbocycles. The van der Waals surface area contributed by atoms with Crippen LogP contribution in [0.5, 0.6) is 5.75 Å². The lowest BCUT2D eigenvalue weighted by molar-refractivity contribution is -0.123. The highest BCUT2D eigenvalue weighted by Crippen LogP contribution is 2.25. The molecule has 1 aromatic heterocycles. The number of ether oxygens (including phenoxy) is 1. The molecule has 0 atom stereocenters. The number of carbonyl (C=O) groups excluding carboxylic acids is 1. The van der Waals surface area contributed by atoms with Crippen molar-refractivity contribution in [2.45, 2.75) is 27.3 Å². The lowest BCUT2D eigenvalue weighted by Gasteiger charge is -2.09. The molecule has 0 aliphatic rings. The first-order valence-corrected chi connectivity index (χ1v) is 8.81. The molecule has 7 nitrogen and oxygen atoms in total. The summed E-state index contributed by atoms with van der Waals surface area (Å²) in [6.45, 7) is 5.89. The largest absolute Gasteiger partial charge is 0.484 e. The van der Waals surface area contributed by atoms with Crippen molar-refractivity contribution < 1.29 is 9.53 Å². The lowest BCUT2D eigenvalue weighted by Crippen LogP contribution is -2.26. The number of hydrogen-bond acceptors (Lipinski definition) is 5. The van der Waals surface area contributed by atoms with Crippen molar-refractivity contribution in [3.05, 3.63) is 52.5 Å². The Balaban J connectivity index is 1.55. The van der Waals surface area contributed by atoms with Gasteiger partial charge in [0.05, 0.1) is 17.8 Å². The summed E-state index contributed by atoms with van der Waals surface area (Å²) in [5.74, 6) is 0.252. The van der Waals surface area contributed by atoms with Crippen LogP contribution in [-0.2, 0) is 11.3 Å². The number of hydrazone groups is 1. The summed E-state index contributed by atoms with van der Waals surface area (Å²) in [7, 11) is 0. The number of aryl methyl sites for hydroxylation is 2. The molecule has 140 valence electrons. The second-order valence-electron chi connectivity index (χ2n) is 6.28. The van der Waals surface area contributed by atoms with Gasteiger partial charge in [0.15, 0.2) is 6.61 Å². The number of amides is 1. The third-order valence-electron chi connectivity index (χ3n) is 3.95. The molecule has 0 saturated heterocycles. The molecular weight excluding hydrogens is 366 g/mol. The quantitative estimate of drug-likeness (QED) is 0.521. The van der Waals surface area contributed by atoms with Gasteiger partial charge in [0.1, 0.15) is 11.3 Å². The van der Waals surface area contributed by atoms with Crippen molar-refractivity contribution in [1.82, 2.24) is 20.4 Å². The molecule has 1 amide bonds. The molecule has 0 fully saturated rings. The van der Waals surface area contributed by atoms with Crippen LogP contribution in [0.2, 0.25) is 5.02 Å². The molecule has 0 aliphatic heterocycles. The third-order valence-corrected chi connectivity index (χ3v) is 4.55. The van der Waals surface area contributed by atoms with E-state index in [2.05, 4.69) is 20.8 Å². The van der Waals surface area contributed by atoms with Gasteiger partial charge in [-0.15, -0.1) is 5.10 Å². The Morgan fingerprint density at radius 2 is 1.96 bits per heavy atom. The van der Waals surface area contributed by atoms with Gasteiger partial charge in [-0.05, 0) is 56.2 Å². The van der Waals surface area contributed by atoms with E-state index in [9.17, 15) is 4.79 Å². The van der Waals surface area contributed by atoms with E-state index >= 15 is 0 Å². The average molecular weight is 386 g/mol. The van der Waals surface area contributed by atoms with Crippen LogP contribution in [-0.4, -0.2) is 33.2 Å². The van der Waals surface area contributed by atoms with Crippen LogP contribution >= 0.6 is 11.6 Å². The van der Waals surface area contributed by atoms with Gasteiger partial charge in [0.25, 0.3) is 5.91 Å². The highest BCUT2D eigenvalue weighted by atomic mass is 35.5. The first-order chi connectivity index (χ1) is 12.9. The van der Waals surface area contributed by atoms with E-state index in [4.69, 9.17) is 16.3 Å². The first kappa shape index (κ1) is 18.8. The highest BCUT2D eigenvalue weighted by molar-refractivity contribution is 6.32. The Kier molecular flexibility index (Phi) is 5.71. The Hall–Kier alpha value is -2.93. The number of nitrogens with one attached hydrogen (secondary N) is 1. The SMILES string of the molecule is CC(Cn1nnc2ccccc21)=NNC(=O)COc1cc(C)c(Cl)c(C)c1. The molecule has 1 heterocycles. The van der Waals surface area contributed by atoms with E-state index in [0.717, 1.165) is 22.2 Å². The van der Waals surface area contributed by atoms with Gasteiger partial charge in [-0.1, -0.05) is 28.9 Å². The number of rotatable bonds is 6. The van der Waals surface area contributed by atoms with Crippen LogP contribution in [0.4, 0.5) is 0 Å². The molecule has 27 heavy (non-hydrogen) atoms. The molecule has 3 aromatic rings. The summed E-state index contributed by atoms with van der Waals surface area (Å²) in [6, 6.07) is 11.3. The summed E-state index contributed by atoms with van der Waals surface area (Å²) in [6.07, 6.45) is 0. The van der Waals surface area contributed by atoms with Crippen molar-refractivity contribution in [3.63, 3.8) is 0 Å². The van der Waals surface area contributed by atoms with Gasteiger partial charge in [-0.25, -0.2) is 10.1 Å². The lowest BCUT2D eigenvalue weighted by atomic mass is 10.1. The van der Waals surface area contributed by atoms with Gasteiger partial charge in [-0.3, -0.25) is 4.79 Å². The monoisotopic (exact) mass is 385 g/mol. The zero-order chi connectivity index (χ0) is 19.4. The number of carbonyl (C=O) groups is 1. The minimum absolute atomic E-state index is 0.135. The molecule has 0 bridgehead atoms. The maximum absolute atomic E-state index is 12.0. The fourth-order valence-corrected chi connectivity index (χ4v) is 2.72. The fraction of sp³-hybridized carbons (Fsp3) is 0.263. The van der Waals surface area contributed by atoms with E-state index in [1.807, 2.05) is 45.0 Å². The Morgan fingerprint density at radius 1 is 1.26 bits per heavy atom. The normalized spacial score (nSPS) is 11.6. The smallest absolute Gasteiger partial charge is 0.277 e. The van der Waals surface area contributed by atoms with E-state index in [-0.39, 0.29) is 12.5 Å². The Morgan fingerprint density at radius 3 is 2.70 bits per heavy atom. The zero-order valence-corrected chi connectivity index (χ0v) is 16.1. The average Bonchev–Trinajstić information content (AvgIpc) is 3.05. The fourth-order valence-electron chi connectivity index (χ4n) is 2.61. The van der Waals surface area contributed by atoms with Crippen LogP contribution < -0.4 is 10.2 Å². The maximum Gasteiger partial charge on any atom is 0.277 e. The molecule has 1 N–H and O–H groups in total. The van der Waals surface area contributed by atoms with Crippen molar-refractivity contribution in [2.24, 2.45) is 5.10 Å². The topological polar surface area (TPSA) is 81.4 Å². The molecule has 0 spiro atoms.